The normalized spacial score (nSPS) is 15.8. The summed E-state index contributed by atoms with van der Waals surface area (Å²) >= 11 is 0. The zero-order valence-corrected chi connectivity index (χ0v) is 19.4. The third kappa shape index (κ3) is 6.40. The first-order valence-corrected chi connectivity index (χ1v) is 11.9. The molecule has 1 aromatic carbocycles. The summed E-state index contributed by atoms with van der Waals surface area (Å²) < 4.78 is 39.6. The third-order valence-electron chi connectivity index (χ3n) is 5.15. The predicted molar refractivity (Wildman–Crippen MR) is 119 cm³/mol. The second kappa shape index (κ2) is 11.3. The number of sulfone groups is 1. The van der Waals surface area contributed by atoms with Gasteiger partial charge in [0.2, 0.25) is 5.75 Å². The minimum Gasteiger partial charge on any atom is -0.493 e. The average Bonchev–Trinajstić information content (AvgIpc) is 2.76. The molecule has 9 nitrogen and oxygen atoms in total. The molecule has 1 aromatic rings. The number of rotatable bonds is 9. The van der Waals surface area contributed by atoms with Gasteiger partial charge in [-0.3, -0.25) is 9.89 Å². The van der Waals surface area contributed by atoms with Crippen molar-refractivity contribution in [2.24, 2.45) is 4.99 Å². The first kappa shape index (κ1) is 24.1. The minimum atomic E-state index is -2.99. The van der Waals surface area contributed by atoms with Crippen molar-refractivity contribution in [1.82, 2.24) is 15.1 Å². The Balaban J connectivity index is 1.92. The summed E-state index contributed by atoms with van der Waals surface area (Å²) in [7, 11) is 3.56. The van der Waals surface area contributed by atoms with Crippen LogP contribution in [0.1, 0.15) is 12.5 Å². The van der Waals surface area contributed by atoms with Gasteiger partial charge in [-0.25, -0.2) is 8.42 Å². The molecule has 0 saturated carbocycles. The average molecular weight is 443 g/mol. The molecule has 0 amide bonds. The smallest absolute Gasteiger partial charge is 0.203 e. The molecule has 0 atom stereocenters. The summed E-state index contributed by atoms with van der Waals surface area (Å²) in [5, 5.41) is 3.17. The summed E-state index contributed by atoms with van der Waals surface area (Å²) in [6.45, 7) is 6.15. The molecule has 1 aliphatic heterocycles. The highest BCUT2D eigenvalue weighted by Gasteiger charge is 2.21. The van der Waals surface area contributed by atoms with Crippen LogP contribution in [-0.4, -0.2) is 96.8 Å². The Kier molecular flexibility index (Phi) is 9.04. The molecule has 0 aliphatic carbocycles. The van der Waals surface area contributed by atoms with Crippen LogP contribution in [0, 0.1) is 0 Å². The van der Waals surface area contributed by atoms with E-state index in [2.05, 4.69) is 20.1 Å². The van der Waals surface area contributed by atoms with Crippen molar-refractivity contribution in [2.75, 3.05) is 72.6 Å². The van der Waals surface area contributed by atoms with Crippen molar-refractivity contribution in [3.63, 3.8) is 0 Å². The fraction of sp³-hybridized carbons (Fsp3) is 0.650. The number of ether oxygens (including phenoxy) is 3. The second-order valence-corrected chi connectivity index (χ2v) is 9.48. The highest BCUT2D eigenvalue weighted by atomic mass is 32.2. The van der Waals surface area contributed by atoms with Gasteiger partial charge in [0.05, 0.1) is 27.1 Å². The molecule has 30 heavy (non-hydrogen) atoms. The molecule has 0 unspecified atom stereocenters. The summed E-state index contributed by atoms with van der Waals surface area (Å²) in [5.74, 6) is 2.91. The fourth-order valence-corrected chi connectivity index (χ4v) is 4.10. The lowest BCUT2D eigenvalue weighted by Crippen LogP contribution is -2.52. The molecule has 0 spiro atoms. The molecule has 1 aliphatic rings. The van der Waals surface area contributed by atoms with Crippen LogP contribution in [0.15, 0.2) is 17.1 Å². The Morgan fingerprint density at radius 1 is 1.07 bits per heavy atom. The van der Waals surface area contributed by atoms with Crippen molar-refractivity contribution < 1.29 is 22.6 Å². The topological polar surface area (TPSA) is 92.7 Å². The fourth-order valence-electron chi connectivity index (χ4n) is 3.40. The van der Waals surface area contributed by atoms with E-state index in [4.69, 9.17) is 14.2 Å². The molecule has 1 heterocycles. The van der Waals surface area contributed by atoms with Crippen LogP contribution in [0.25, 0.3) is 0 Å². The molecule has 1 N–H and O–H groups in total. The van der Waals surface area contributed by atoms with Crippen molar-refractivity contribution in [2.45, 2.75) is 13.5 Å². The van der Waals surface area contributed by atoms with Crippen LogP contribution < -0.4 is 19.5 Å². The largest absolute Gasteiger partial charge is 0.493 e. The van der Waals surface area contributed by atoms with Crippen LogP contribution in [-0.2, 0) is 16.4 Å². The maximum atomic E-state index is 11.7. The molecular formula is C20H34N4O5S. The Morgan fingerprint density at radius 2 is 1.67 bits per heavy atom. The third-order valence-corrected chi connectivity index (χ3v) is 6.86. The van der Waals surface area contributed by atoms with Gasteiger partial charge in [0.1, 0.15) is 0 Å². The summed E-state index contributed by atoms with van der Waals surface area (Å²) in [6.07, 6.45) is 0. The number of aliphatic imine (C=N–C) groups is 1. The van der Waals surface area contributed by atoms with Crippen LogP contribution in [0.2, 0.25) is 0 Å². The molecule has 10 heteroatoms. The van der Waals surface area contributed by atoms with E-state index < -0.39 is 9.84 Å². The number of guanidine groups is 1. The Labute approximate surface area is 179 Å². The zero-order chi connectivity index (χ0) is 22.1. The number of methoxy groups -OCH3 is 3. The van der Waals surface area contributed by atoms with Gasteiger partial charge in [0.15, 0.2) is 27.3 Å². The Bertz CT molecular complexity index is 795. The highest BCUT2D eigenvalue weighted by Crippen LogP contribution is 2.38. The van der Waals surface area contributed by atoms with E-state index in [0.717, 1.165) is 44.2 Å². The number of piperazine rings is 1. The van der Waals surface area contributed by atoms with E-state index in [9.17, 15) is 8.42 Å². The number of hydrogen-bond donors (Lipinski definition) is 1. The maximum Gasteiger partial charge on any atom is 0.203 e. The van der Waals surface area contributed by atoms with Gasteiger partial charge >= 0.3 is 0 Å². The van der Waals surface area contributed by atoms with E-state index >= 15 is 0 Å². The second-order valence-electron chi connectivity index (χ2n) is 7.01. The Morgan fingerprint density at radius 3 is 2.13 bits per heavy atom. The maximum absolute atomic E-state index is 11.7. The van der Waals surface area contributed by atoms with Gasteiger partial charge in [-0.1, -0.05) is 6.92 Å². The van der Waals surface area contributed by atoms with Crippen LogP contribution in [0.3, 0.4) is 0 Å². The predicted octanol–water partition coefficient (Wildman–Crippen LogP) is 0.840. The van der Waals surface area contributed by atoms with E-state index in [1.54, 1.807) is 35.3 Å². The lowest BCUT2D eigenvalue weighted by molar-refractivity contribution is 0.172. The molecule has 170 valence electrons. The summed E-state index contributed by atoms with van der Waals surface area (Å²) in [5.41, 5.74) is 1.09. The monoisotopic (exact) mass is 442 g/mol. The highest BCUT2D eigenvalue weighted by molar-refractivity contribution is 7.91. The van der Waals surface area contributed by atoms with Gasteiger partial charge < -0.3 is 24.4 Å². The molecule has 1 fully saturated rings. The Hall–Kier alpha value is -2.20. The number of benzene rings is 1. The van der Waals surface area contributed by atoms with Crippen LogP contribution in [0.4, 0.5) is 0 Å². The first-order valence-electron chi connectivity index (χ1n) is 10.0. The lowest BCUT2D eigenvalue weighted by atomic mass is 10.1. The number of nitrogens with one attached hydrogen (secondary N) is 1. The zero-order valence-electron chi connectivity index (χ0n) is 18.6. The van der Waals surface area contributed by atoms with Crippen molar-refractivity contribution in [3.05, 3.63) is 17.7 Å². The molecule has 0 aromatic heterocycles. The molecule has 1 saturated heterocycles. The molecule has 0 radical (unpaired) electrons. The molecule has 0 bridgehead atoms. The SMILES string of the molecule is CCS(=O)(=O)CCNC(=NC)N1CCN(Cc2cc(OC)c(OC)c(OC)c2)CC1. The standard InChI is InChI=1S/C20H34N4O5S/c1-6-30(25,26)12-7-22-20(21-2)24-10-8-23(9-11-24)15-16-13-17(27-3)19(29-5)18(14-16)28-4/h13-14H,6-12,15H2,1-5H3,(H,21,22). The van der Waals surface area contributed by atoms with Gasteiger partial charge in [-0.2, -0.15) is 0 Å². The van der Waals surface area contributed by atoms with Gasteiger partial charge in [-0.05, 0) is 17.7 Å². The first-order chi connectivity index (χ1) is 14.4. The van der Waals surface area contributed by atoms with Crippen LogP contribution in [0.5, 0.6) is 17.2 Å². The van der Waals surface area contributed by atoms with Gasteiger partial charge in [0.25, 0.3) is 0 Å². The molecular weight excluding hydrogens is 408 g/mol. The van der Waals surface area contributed by atoms with Crippen molar-refractivity contribution in [3.8, 4) is 17.2 Å². The van der Waals surface area contributed by atoms with E-state index in [-0.39, 0.29) is 11.5 Å². The van der Waals surface area contributed by atoms with Crippen molar-refractivity contribution in [1.29, 1.82) is 0 Å². The number of nitrogens with zero attached hydrogens (tertiary/aromatic N) is 3. The van der Waals surface area contributed by atoms with Crippen LogP contribution >= 0.6 is 0 Å². The quantitative estimate of drug-likeness (QED) is 0.444. The van der Waals surface area contributed by atoms with E-state index in [0.29, 0.717) is 23.8 Å². The summed E-state index contributed by atoms with van der Waals surface area (Å²) in [4.78, 5) is 8.81. The van der Waals surface area contributed by atoms with Gasteiger partial charge in [-0.15, -0.1) is 0 Å². The lowest BCUT2D eigenvalue weighted by Gasteiger charge is -2.36. The van der Waals surface area contributed by atoms with Crippen molar-refractivity contribution >= 4 is 15.8 Å². The number of hydrogen-bond acceptors (Lipinski definition) is 7. The van der Waals surface area contributed by atoms with E-state index in [1.165, 1.54) is 0 Å². The summed E-state index contributed by atoms with van der Waals surface area (Å²) in [6, 6.07) is 3.95. The van der Waals surface area contributed by atoms with Gasteiger partial charge in [0, 0.05) is 52.1 Å². The van der Waals surface area contributed by atoms with E-state index in [1.807, 2.05) is 12.1 Å². The minimum absolute atomic E-state index is 0.115. The molecule has 2 rings (SSSR count).